The fourth-order valence-corrected chi connectivity index (χ4v) is 3.62. The molecular formula is C12H14BrN3OS2. The molecule has 19 heavy (non-hydrogen) atoms. The number of hydrogen-bond acceptors (Lipinski definition) is 5. The number of carbonyl (C=O) groups excluding carboxylic acids is 1. The minimum Gasteiger partial charge on any atom is -0.337 e. The molecule has 2 rings (SSSR count). The molecule has 102 valence electrons. The normalized spacial score (nSPS) is 10.7. The van der Waals surface area contributed by atoms with Gasteiger partial charge in [-0.15, -0.1) is 16.4 Å². The van der Waals surface area contributed by atoms with Crippen molar-refractivity contribution in [2.24, 2.45) is 0 Å². The summed E-state index contributed by atoms with van der Waals surface area (Å²) in [6, 6.07) is 2.03. The van der Waals surface area contributed by atoms with Gasteiger partial charge in [0.1, 0.15) is 4.88 Å². The van der Waals surface area contributed by atoms with Gasteiger partial charge in [-0.3, -0.25) is 4.79 Å². The first kappa shape index (κ1) is 14.6. The van der Waals surface area contributed by atoms with Crippen molar-refractivity contribution < 1.29 is 4.79 Å². The van der Waals surface area contributed by atoms with Crippen molar-refractivity contribution in [3.8, 4) is 0 Å². The Morgan fingerprint density at radius 2 is 2.32 bits per heavy atom. The van der Waals surface area contributed by atoms with E-state index < -0.39 is 0 Å². The number of nitrogens with zero attached hydrogens (tertiary/aromatic N) is 3. The summed E-state index contributed by atoms with van der Waals surface area (Å²) in [5, 5.41) is 6.08. The van der Waals surface area contributed by atoms with Crippen molar-refractivity contribution >= 4 is 44.7 Å². The largest absolute Gasteiger partial charge is 0.337 e. The standard InChI is InChI=1S/C12H14BrN3OS2/c1-3-4-9-11(19-15-14-9)12(17)16(2)6-8-5-10(13)18-7-8/h5,7H,3-4,6H2,1-2H3. The molecule has 0 aliphatic heterocycles. The van der Waals surface area contributed by atoms with Crippen LogP contribution in [0.3, 0.4) is 0 Å². The van der Waals surface area contributed by atoms with Crippen LogP contribution < -0.4 is 0 Å². The Bertz CT molecular complexity index is 567. The summed E-state index contributed by atoms with van der Waals surface area (Å²) in [6.07, 6.45) is 1.77. The Morgan fingerprint density at radius 3 is 2.95 bits per heavy atom. The van der Waals surface area contributed by atoms with Gasteiger partial charge in [-0.1, -0.05) is 17.8 Å². The first-order chi connectivity index (χ1) is 9.11. The molecule has 0 atom stereocenters. The van der Waals surface area contributed by atoms with Crippen LogP contribution in [0, 0.1) is 0 Å². The summed E-state index contributed by atoms with van der Waals surface area (Å²) in [7, 11) is 1.81. The number of amides is 1. The number of rotatable bonds is 5. The Morgan fingerprint density at radius 1 is 1.53 bits per heavy atom. The zero-order valence-corrected chi connectivity index (χ0v) is 13.9. The van der Waals surface area contributed by atoms with E-state index in [2.05, 4.69) is 32.4 Å². The zero-order chi connectivity index (χ0) is 13.8. The molecule has 0 fully saturated rings. The third kappa shape index (κ3) is 3.61. The van der Waals surface area contributed by atoms with Crippen molar-refractivity contribution in [1.82, 2.24) is 14.5 Å². The smallest absolute Gasteiger partial charge is 0.267 e. The summed E-state index contributed by atoms with van der Waals surface area (Å²) in [5.41, 5.74) is 1.94. The second kappa shape index (κ2) is 6.58. The third-order valence-electron chi connectivity index (χ3n) is 2.62. The van der Waals surface area contributed by atoms with Gasteiger partial charge in [0.05, 0.1) is 9.48 Å². The maximum atomic E-state index is 12.4. The van der Waals surface area contributed by atoms with E-state index in [4.69, 9.17) is 0 Å². The SMILES string of the molecule is CCCc1nnsc1C(=O)N(C)Cc1csc(Br)c1. The zero-order valence-electron chi connectivity index (χ0n) is 10.7. The lowest BCUT2D eigenvalue weighted by Gasteiger charge is -2.15. The molecule has 0 aromatic carbocycles. The van der Waals surface area contributed by atoms with Gasteiger partial charge < -0.3 is 4.90 Å². The van der Waals surface area contributed by atoms with E-state index in [0.29, 0.717) is 11.4 Å². The van der Waals surface area contributed by atoms with Crippen LogP contribution >= 0.6 is 38.8 Å². The van der Waals surface area contributed by atoms with E-state index in [1.165, 1.54) is 11.5 Å². The van der Waals surface area contributed by atoms with Crippen LogP contribution in [-0.2, 0) is 13.0 Å². The molecule has 0 aliphatic carbocycles. The summed E-state index contributed by atoms with van der Waals surface area (Å²) in [6.45, 7) is 2.67. The number of aromatic nitrogens is 2. The van der Waals surface area contributed by atoms with Crippen molar-refractivity contribution in [1.29, 1.82) is 0 Å². The molecule has 2 heterocycles. The number of carbonyl (C=O) groups is 1. The second-order valence-corrected chi connectivity index (χ2v) is 7.26. The summed E-state index contributed by atoms with van der Waals surface area (Å²) in [4.78, 5) is 14.7. The molecule has 0 aliphatic rings. The number of hydrogen-bond donors (Lipinski definition) is 0. The lowest BCUT2D eigenvalue weighted by molar-refractivity contribution is 0.0788. The first-order valence-electron chi connectivity index (χ1n) is 5.91. The van der Waals surface area contributed by atoms with E-state index in [1.54, 1.807) is 16.2 Å². The van der Waals surface area contributed by atoms with E-state index >= 15 is 0 Å². The molecule has 7 heteroatoms. The van der Waals surface area contributed by atoms with Gasteiger partial charge in [-0.25, -0.2) is 0 Å². The maximum Gasteiger partial charge on any atom is 0.267 e. The van der Waals surface area contributed by atoms with Crippen LogP contribution in [0.4, 0.5) is 0 Å². The van der Waals surface area contributed by atoms with E-state index in [-0.39, 0.29) is 5.91 Å². The quantitative estimate of drug-likeness (QED) is 0.819. The van der Waals surface area contributed by atoms with Gasteiger partial charge in [-0.2, -0.15) is 0 Å². The Hall–Kier alpha value is -0.790. The maximum absolute atomic E-state index is 12.4. The van der Waals surface area contributed by atoms with Crippen LogP contribution in [0.2, 0.25) is 0 Å². The fourth-order valence-electron chi connectivity index (χ4n) is 1.72. The topological polar surface area (TPSA) is 46.1 Å². The first-order valence-corrected chi connectivity index (χ1v) is 8.36. The Labute approximate surface area is 128 Å². The average Bonchev–Trinajstić information content (AvgIpc) is 2.98. The molecule has 0 N–H and O–H groups in total. The lowest BCUT2D eigenvalue weighted by Crippen LogP contribution is -2.26. The van der Waals surface area contributed by atoms with Crippen molar-refractivity contribution in [2.75, 3.05) is 7.05 Å². The molecular weight excluding hydrogens is 346 g/mol. The van der Waals surface area contributed by atoms with Crippen LogP contribution in [0.1, 0.15) is 34.3 Å². The molecule has 2 aromatic heterocycles. The summed E-state index contributed by atoms with van der Waals surface area (Å²) >= 11 is 6.23. The molecule has 4 nitrogen and oxygen atoms in total. The highest BCUT2D eigenvalue weighted by atomic mass is 79.9. The minimum absolute atomic E-state index is 0.000715. The molecule has 0 spiro atoms. The van der Waals surface area contributed by atoms with Gasteiger partial charge in [0.15, 0.2) is 0 Å². The third-order valence-corrected chi connectivity index (χ3v) is 4.93. The van der Waals surface area contributed by atoms with Crippen molar-refractivity contribution in [3.63, 3.8) is 0 Å². The van der Waals surface area contributed by atoms with Gasteiger partial charge in [0, 0.05) is 13.6 Å². The highest BCUT2D eigenvalue weighted by Gasteiger charge is 2.19. The van der Waals surface area contributed by atoms with Gasteiger partial charge in [0.25, 0.3) is 5.91 Å². The van der Waals surface area contributed by atoms with Crippen molar-refractivity contribution in [2.45, 2.75) is 26.3 Å². The van der Waals surface area contributed by atoms with Gasteiger partial charge >= 0.3 is 0 Å². The van der Waals surface area contributed by atoms with E-state index in [9.17, 15) is 4.79 Å². The molecule has 0 saturated carbocycles. The number of thiophene rings is 1. The molecule has 0 radical (unpaired) electrons. The Balaban J connectivity index is 2.08. The molecule has 0 saturated heterocycles. The van der Waals surface area contributed by atoms with Crippen LogP contribution in [0.25, 0.3) is 0 Å². The van der Waals surface area contributed by atoms with Crippen LogP contribution in [0.5, 0.6) is 0 Å². The van der Waals surface area contributed by atoms with Gasteiger partial charge in [-0.05, 0) is 50.9 Å². The van der Waals surface area contributed by atoms with E-state index in [0.717, 1.165) is 27.9 Å². The minimum atomic E-state index is 0.000715. The second-order valence-electron chi connectivity index (χ2n) is 4.22. The highest BCUT2D eigenvalue weighted by Crippen LogP contribution is 2.22. The van der Waals surface area contributed by atoms with Gasteiger partial charge in [0.2, 0.25) is 0 Å². The molecule has 2 aromatic rings. The summed E-state index contributed by atoms with van der Waals surface area (Å²) < 4.78 is 4.97. The number of aryl methyl sites for hydroxylation is 1. The number of halogens is 1. The molecule has 0 unspecified atom stereocenters. The highest BCUT2D eigenvalue weighted by molar-refractivity contribution is 9.11. The molecule has 1 amide bonds. The fraction of sp³-hybridized carbons (Fsp3) is 0.417. The molecule has 0 bridgehead atoms. The van der Waals surface area contributed by atoms with Crippen LogP contribution in [0.15, 0.2) is 15.2 Å². The van der Waals surface area contributed by atoms with E-state index in [1.807, 2.05) is 18.5 Å². The van der Waals surface area contributed by atoms with Crippen LogP contribution in [-0.4, -0.2) is 27.4 Å². The predicted octanol–water partition coefficient (Wildman–Crippen LogP) is 3.59. The van der Waals surface area contributed by atoms with Crippen molar-refractivity contribution in [3.05, 3.63) is 31.4 Å². The average molecular weight is 360 g/mol. The monoisotopic (exact) mass is 359 g/mol. The predicted molar refractivity (Wildman–Crippen MR) is 81.7 cm³/mol. The summed E-state index contributed by atoms with van der Waals surface area (Å²) in [5.74, 6) is 0.000715. The Kier molecular flexibility index (Phi) is 5.06. The lowest BCUT2D eigenvalue weighted by atomic mass is 10.2.